The highest BCUT2D eigenvalue weighted by Gasteiger charge is 1.86. The van der Waals surface area contributed by atoms with Crippen LogP contribution < -0.4 is 0 Å². The van der Waals surface area contributed by atoms with Gasteiger partial charge in [0.2, 0.25) is 0 Å². The lowest BCUT2D eigenvalue weighted by Crippen LogP contribution is -1.78. The quantitative estimate of drug-likeness (QED) is 0.530. The smallest absolute Gasteiger partial charge is 0.169 e. The van der Waals surface area contributed by atoms with Gasteiger partial charge in [-0.3, -0.25) is 5.10 Å². The molecular weight excluding hydrogens is 152 g/mol. The number of rotatable bonds is 5. The summed E-state index contributed by atoms with van der Waals surface area (Å²) in [6, 6.07) is 1.79. The minimum Gasteiger partial charge on any atom is -0.260 e. The first kappa shape index (κ1) is 8.90. The van der Waals surface area contributed by atoms with Gasteiger partial charge >= 0.3 is 0 Å². The maximum atomic E-state index is 4.01. The van der Waals surface area contributed by atoms with Crippen molar-refractivity contribution >= 4 is 5.82 Å². The van der Waals surface area contributed by atoms with Crippen LogP contribution in [0.2, 0.25) is 0 Å². The van der Waals surface area contributed by atoms with Crippen molar-refractivity contribution in [3.8, 4) is 0 Å². The van der Waals surface area contributed by atoms with Crippen molar-refractivity contribution in [3.63, 3.8) is 0 Å². The van der Waals surface area contributed by atoms with Gasteiger partial charge in [0.05, 0.1) is 12.7 Å². The summed E-state index contributed by atoms with van der Waals surface area (Å²) in [5, 5.41) is 14.4. The third-order valence-corrected chi connectivity index (χ3v) is 1.53. The fourth-order valence-electron chi connectivity index (χ4n) is 0.863. The van der Waals surface area contributed by atoms with Crippen molar-refractivity contribution in [2.45, 2.75) is 26.2 Å². The zero-order chi connectivity index (χ0) is 8.65. The minimum absolute atomic E-state index is 0.728. The summed E-state index contributed by atoms with van der Waals surface area (Å²) in [7, 11) is 0. The Morgan fingerprint density at radius 3 is 3.08 bits per heavy atom. The third kappa shape index (κ3) is 3.27. The molecule has 0 amide bonds. The second-order valence-electron chi connectivity index (χ2n) is 2.61. The first-order chi connectivity index (χ1) is 5.93. The first-order valence-electron chi connectivity index (χ1n) is 4.30. The molecule has 1 rings (SSSR count). The molecule has 1 aromatic heterocycles. The van der Waals surface area contributed by atoms with Crippen LogP contribution in [0.25, 0.3) is 0 Å². The molecule has 0 spiro atoms. The van der Waals surface area contributed by atoms with Crippen molar-refractivity contribution < 1.29 is 0 Å². The second kappa shape index (κ2) is 5.46. The maximum absolute atomic E-state index is 4.01. The molecule has 0 saturated heterocycles. The largest absolute Gasteiger partial charge is 0.260 e. The monoisotopic (exact) mass is 166 g/mol. The molecule has 4 nitrogen and oxygen atoms in total. The predicted molar refractivity (Wildman–Crippen MR) is 47.5 cm³/mol. The molecule has 0 aromatic carbocycles. The molecule has 0 fully saturated rings. The van der Waals surface area contributed by atoms with Gasteiger partial charge in [-0.2, -0.15) is 10.2 Å². The summed E-state index contributed by atoms with van der Waals surface area (Å²) in [4.78, 5) is 0. The van der Waals surface area contributed by atoms with Crippen LogP contribution in [0, 0.1) is 0 Å². The maximum Gasteiger partial charge on any atom is 0.169 e. The van der Waals surface area contributed by atoms with E-state index in [9.17, 15) is 0 Å². The van der Waals surface area contributed by atoms with E-state index < -0.39 is 0 Å². The highest BCUT2D eigenvalue weighted by atomic mass is 15.2. The molecule has 1 N–H and O–H groups in total. The SMILES string of the molecule is CCCCCN=Nc1ccn[nH]1. The molecule has 12 heavy (non-hydrogen) atoms. The molecule has 0 unspecified atom stereocenters. The number of unbranched alkanes of at least 4 members (excludes halogenated alkanes) is 2. The Hall–Kier alpha value is -1.19. The first-order valence-corrected chi connectivity index (χ1v) is 4.30. The summed E-state index contributed by atoms with van der Waals surface area (Å²) in [6.07, 6.45) is 5.23. The number of aromatic nitrogens is 2. The summed E-state index contributed by atoms with van der Waals surface area (Å²) < 4.78 is 0. The fourth-order valence-corrected chi connectivity index (χ4v) is 0.863. The normalized spacial score (nSPS) is 11.1. The lowest BCUT2D eigenvalue weighted by atomic mass is 10.3. The zero-order valence-electron chi connectivity index (χ0n) is 7.32. The van der Waals surface area contributed by atoms with E-state index in [1.54, 1.807) is 12.3 Å². The van der Waals surface area contributed by atoms with Crippen LogP contribution in [0.3, 0.4) is 0 Å². The molecule has 0 saturated carbocycles. The number of nitrogens with zero attached hydrogens (tertiary/aromatic N) is 3. The molecule has 66 valence electrons. The van der Waals surface area contributed by atoms with E-state index in [1.165, 1.54) is 12.8 Å². The van der Waals surface area contributed by atoms with Crippen molar-refractivity contribution in [3.05, 3.63) is 12.3 Å². The molecular formula is C8H14N4. The summed E-state index contributed by atoms with van der Waals surface area (Å²) >= 11 is 0. The van der Waals surface area contributed by atoms with E-state index in [4.69, 9.17) is 0 Å². The Morgan fingerprint density at radius 2 is 2.42 bits per heavy atom. The molecule has 0 radical (unpaired) electrons. The van der Waals surface area contributed by atoms with E-state index in [1.807, 2.05) is 0 Å². The van der Waals surface area contributed by atoms with E-state index >= 15 is 0 Å². The van der Waals surface area contributed by atoms with Gasteiger partial charge in [0.1, 0.15) is 0 Å². The van der Waals surface area contributed by atoms with Crippen LogP contribution in [-0.2, 0) is 0 Å². The number of aromatic amines is 1. The van der Waals surface area contributed by atoms with E-state index in [0.717, 1.165) is 18.8 Å². The summed E-state index contributed by atoms with van der Waals surface area (Å²) in [6.45, 7) is 2.99. The van der Waals surface area contributed by atoms with Gasteiger partial charge in [-0.1, -0.05) is 19.8 Å². The van der Waals surface area contributed by atoms with Gasteiger partial charge in [-0.15, -0.1) is 5.11 Å². The average molecular weight is 166 g/mol. The molecule has 1 heterocycles. The highest BCUT2D eigenvalue weighted by Crippen LogP contribution is 2.04. The second-order valence-corrected chi connectivity index (χ2v) is 2.61. The van der Waals surface area contributed by atoms with Gasteiger partial charge < -0.3 is 0 Å². The number of azo groups is 1. The van der Waals surface area contributed by atoms with Crippen molar-refractivity contribution in [2.75, 3.05) is 6.54 Å². The topological polar surface area (TPSA) is 53.4 Å². The van der Waals surface area contributed by atoms with Crippen LogP contribution in [0.5, 0.6) is 0 Å². The predicted octanol–water partition coefficient (Wildman–Crippen LogP) is 2.68. The van der Waals surface area contributed by atoms with E-state index in [2.05, 4.69) is 27.3 Å². The highest BCUT2D eigenvalue weighted by molar-refractivity contribution is 5.20. The van der Waals surface area contributed by atoms with Crippen LogP contribution in [-0.4, -0.2) is 16.7 Å². The Labute approximate surface area is 72.1 Å². The van der Waals surface area contributed by atoms with Crippen LogP contribution in [0.1, 0.15) is 26.2 Å². The molecule has 4 heteroatoms. The Kier molecular flexibility index (Phi) is 4.05. The molecule has 0 bridgehead atoms. The van der Waals surface area contributed by atoms with Crippen LogP contribution in [0.15, 0.2) is 22.5 Å². The number of H-pyrrole nitrogens is 1. The minimum atomic E-state index is 0.728. The number of hydrogen-bond donors (Lipinski definition) is 1. The van der Waals surface area contributed by atoms with Crippen molar-refractivity contribution in [1.29, 1.82) is 0 Å². The molecule has 0 atom stereocenters. The Bertz CT molecular complexity index is 215. The lowest BCUT2D eigenvalue weighted by molar-refractivity contribution is 0.712. The van der Waals surface area contributed by atoms with Gasteiger partial charge in [0, 0.05) is 6.07 Å². The lowest BCUT2D eigenvalue weighted by Gasteiger charge is -1.89. The van der Waals surface area contributed by atoms with Crippen molar-refractivity contribution in [1.82, 2.24) is 10.2 Å². The molecule has 0 aliphatic heterocycles. The van der Waals surface area contributed by atoms with Gasteiger partial charge in [-0.25, -0.2) is 0 Å². The van der Waals surface area contributed by atoms with Crippen LogP contribution in [0.4, 0.5) is 5.82 Å². The molecule has 1 aromatic rings. The van der Waals surface area contributed by atoms with Crippen LogP contribution >= 0.6 is 0 Å². The van der Waals surface area contributed by atoms with Crippen molar-refractivity contribution in [2.24, 2.45) is 10.2 Å². The standard InChI is InChI=1S/C8H14N4/c1-2-3-4-6-9-11-8-5-7-10-12-8/h5,7H,2-4,6H2,1H3,(H,10,12). The summed E-state index contributed by atoms with van der Waals surface area (Å²) in [5.41, 5.74) is 0. The van der Waals surface area contributed by atoms with Gasteiger partial charge in [0.15, 0.2) is 5.82 Å². The zero-order valence-corrected chi connectivity index (χ0v) is 7.32. The van der Waals surface area contributed by atoms with E-state index in [-0.39, 0.29) is 0 Å². The Morgan fingerprint density at radius 1 is 1.50 bits per heavy atom. The summed E-state index contributed by atoms with van der Waals surface area (Å²) in [5.74, 6) is 0.728. The molecule has 0 aliphatic rings. The van der Waals surface area contributed by atoms with Gasteiger partial charge in [-0.05, 0) is 6.42 Å². The fraction of sp³-hybridized carbons (Fsp3) is 0.625. The number of nitrogens with one attached hydrogen (secondary N) is 1. The molecule has 0 aliphatic carbocycles. The average Bonchev–Trinajstić information content (AvgIpc) is 2.57. The number of hydrogen-bond acceptors (Lipinski definition) is 3. The third-order valence-electron chi connectivity index (χ3n) is 1.53. The van der Waals surface area contributed by atoms with E-state index in [0.29, 0.717) is 0 Å². The van der Waals surface area contributed by atoms with Gasteiger partial charge in [0.25, 0.3) is 0 Å². The Balaban J connectivity index is 2.14.